The fourth-order valence-electron chi connectivity index (χ4n) is 6.42. The van der Waals surface area contributed by atoms with Gasteiger partial charge in [-0.3, -0.25) is 9.78 Å². The summed E-state index contributed by atoms with van der Waals surface area (Å²) in [6.07, 6.45) is 7.94. The number of hydrogen-bond donors (Lipinski definition) is 1. The molecule has 0 aliphatic rings. The summed E-state index contributed by atoms with van der Waals surface area (Å²) in [5.41, 5.74) is 5.19. The van der Waals surface area contributed by atoms with E-state index in [9.17, 15) is 9.90 Å². The first-order valence-corrected chi connectivity index (χ1v) is 18.2. The number of nitrogens with zero attached hydrogens (tertiary/aromatic N) is 1. The van der Waals surface area contributed by atoms with E-state index < -0.39 is 0 Å². The average molecular weight is 841 g/mol. The van der Waals surface area contributed by atoms with Gasteiger partial charge in [0.05, 0.1) is 5.76 Å². The van der Waals surface area contributed by atoms with Crippen molar-refractivity contribution in [3.05, 3.63) is 89.8 Å². The van der Waals surface area contributed by atoms with Gasteiger partial charge in [-0.25, -0.2) is 0 Å². The van der Waals surface area contributed by atoms with Crippen molar-refractivity contribution in [2.45, 2.75) is 107 Å². The summed E-state index contributed by atoms with van der Waals surface area (Å²) in [7, 11) is 0. The molecule has 259 valence electrons. The molecular weight excluding hydrogens is 787 g/mol. The fraction of sp³-hybridized carbons (Fsp3) is 0.442. The van der Waals surface area contributed by atoms with Gasteiger partial charge in [0, 0.05) is 59.3 Å². The molecule has 0 saturated heterocycles. The molecule has 0 spiro atoms. The van der Waals surface area contributed by atoms with Gasteiger partial charge in [0.1, 0.15) is 0 Å². The molecule has 0 bridgehead atoms. The second kappa shape index (κ2) is 16.7. The number of ketones is 1. The Kier molecular flexibility index (Phi) is 13.8. The van der Waals surface area contributed by atoms with Crippen molar-refractivity contribution in [1.82, 2.24) is 4.98 Å². The molecule has 1 N–H and O–H groups in total. The maximum absolute atomic E-state index is 11.7. The van der Waals surface area contributed by atoms with Crippen molar-refractivity contribution in [1.29, 1.82) is 0 Å². The van der Waals surface area contributed by atoms with Crippen LogP contribution in [0.25, 0.3) is 42.2 Å². The minimum atomic E-state index is 0. The quantitative estimate of drug-likeness (QED) is 0.0914. The van der Waals surface area contributed by atoms with Crippen molar-refractivity contribution in [3.8, 4) is 11.3 Å². The normalized spacial score (nSPS) is 12.5. The maximum atomic E-state index is 11.7. The van der Waals surface area contributed by atoms with Crippen molar-refractivity contribution in [3.63, 3.8) is 0 Å². The van der Waals surface area contributed by atoms with Crippen LogP contribution in [0.15, 0.2) is 72.6 Å². The predicted molar refractivity (Wildman–Crippen MR) is 205 cm³/mol. The Morgan fingerprint density at radius 3 is 2.10 bits per heavy atom. The molecule has 48 heavy (non-hydrogen) atoms. The van der Waals surface area contributed by atoms with E-state index in [1.807, 2.05) is 45.2 Å². The van der Waals surface area contributed by atoms with Gasteiger partial charge in [0.25, 0.3) is 0 Å². The van der Waals surface area contributed by atoms with Gasteiger partial charge in [-0.2, -0.15) is 0 Å². The average Bonchev–Trinajstić information content (AvgIpc) is 3.38. The van der Waals surface area contributed by atoms with Crippen LogP contribution in [0.2, 0.25) is 0 Å². The van der Waals surface area contributed by atoms with E-state index >= 15 is 0 Å². The molecule has 5 heteroatoms. The van der Waals surface area contributed by atoms with Crippen LogP contribution in [0.3, 0.4) is 0 Å². The largest absolute Gasteiger partial charge is 0.512 e. The van der Waals surface area contributed by atoms with Crippen LogP contribution in [0.1, 0.15) is 106 Å². The van der Waals surface area contributed by atoms with Crippen LogP contribution in [-0.4, -0.2) is 15.9 Å². The number of hydrogen-bond acceptors (Lipinski definition) is 4. The Hall–Kier alpha value is -2.85. The number of pyridine rings is 1. The fourth-order valence-corrected chi connectivity index (χ4v) is 7.68. The van der Waals surface area contributed by atoms with E-state index in [1.54, 1.807) is 0 Å². The summed E-state index contributed by atoms with van der Waals surface area (Å²) >= 11 is 1.86. The van der Waals surface area contributed by atoms with Gasteiger partial charge < -0.3 is 5.11 Å². The van der Waals surface area contributed by atoms with Crippen molar-refractivity contribution >= 4 is 48.1 Å². The van der Waals surface area contributed by atoms with E-state index in [0.717, 1.165) is 48.7 Å². The van der Waals surface area contributed by atoms with Crippen LogP contribution in [0, 0.1) is 23.3 Å². The molecule has 0 unspecified atom stereocenters. The Morgan fingerprint density at radius 2 is 1.50 bits per heavy atom. The third-order valence-corrected chi connectivity index (χ3v) is 10.3. The summed E-state index contributed by atoms with van der Waals surface area (Å²) in [6.45, 7) is 21.8. The molecular formula is C43H54IrNO2S-. The molecule has 0 atom stereocenters. The third-order valence-electron chi connectivity index (χ3n) is 9.11. The van der Waals surface area contributed by atoms with Crippen LogP contribution < -0.4 is 0 Å². The van der Waals surface area contributed by atoms with Gasteiger partial charge in [-0.1, -0.05) is 111 Å². The van der Waals surface area contributed by atoms with Crippen molar-refractivity contribution in [2.24, 2.45) is 17.3 Å². The van der Waals surface area contributed by atoms with Crippen LogP contribution in [0.5, 0.6) is 0 Å². The molecule has 5 rings (SSSR count). The maximum Gasteiger partial charge on any atom is 0.162 e. The number of aliphatic hydroxyl groups is 1. The standard InChI is InChI=1S/C30H30NS.C13H24O2.Ir/c1-29(2,3)18-19-11-12-23-24-13-14-31-27(28(24)32-26(23)15-19)21-16-20-9-7-8-10-22(20)25(17-21)30(4,5)6;1-5-10(6-2)12(14)9-13(15)11(7-3)8-4;/h7-15,17H,18H2,1-6H3;9-11,14H,5-8H2,1-4H3;/q-1;;/b;12-9-;. The summed E-state index contributed by atoms with van der Waals surface area (Å²) in [5.74, 6) is 0.547. The van der Waals surface area contributed by atoms with E-state index in [1.165, 1.54) is 42.8 Å². The number of allylic oxidation sites excluding steroid dienone is 2. The number of thiophene rings is 1. The molecule has 0 fully saturated rings. The van der Waals surface area contributed by atoms with Gasteiger partial charge >= 0.3 is 0 Å². The second-order valence-electron chi connectivity index (χ2n) is 15.1. The second-order valence-corrected chi connectivity index (χ2v) is 16.1. The number of rotatable bonds is 9. The number of benzene rings is 3. The molecule has 3 nitrogen and oxygen atoms in total. The monoisotopic (exact) mass is 841 g/mol. The van der Waals surface area contributed by atoms with Crippen molar-refractivity contribution in [2.75, 3.05) is 0 Å². The molecule has 0 aliphatic carbocycles. The zero-order valence-electron chi connectivity index (χ0n) is 30.6. The predicted octanol–water partition coefficient (Wildman–Crippen LogP) is 12.8. The molecule has 0 aliphatic heterocycles. The molecule has 0 amide bonds. The number of carbonyl (C=O) groups excluding carboxylic acids is 1. The van der Waals surface area contributed by atoms with Gasteiger partial charge in [0.15, 0.2) is 5.78 Å². The van der Waals surface area contributed by atoms with Crippen LogP contribution >= 0.6 is 11.3 Å². The topological polar surface area (TPSA) is 50.2 Å². The van der Waals surface area contributed by atoms with E-state index in [2.05, 4.69) is 102 Å². The Morgan fingerprint density at radius 1 is 0.854 bits per heavy atom. The Labute approximate surface area is 306 Å². The first-order chi connectivity index (χ1) is 22.2. The van der Waals surface area contributed by atoms with E-state index in [-0.39, 0.29) is 54.3 Å². The van der Waals surface area contributed by atoms with Crippen molar-refractivity contribution < 1.29 is 30.0 Å². The smallest absolute Gasteiger partial charge is 0.162 e. The molecule has 5 aromatic rings. The summed E-state index contributed by atoms with van der Waals surface area (Å²) in [4.78, 5) is 16.6. The van der Waals surface area contributed by atoms with E-state index in [0.29, 0.717) is 0 Å². The summed E-state index contributed by atoms with van der Waals surface area (Å²) in [6, 6.07) is 23.7. The Balaban J connectivity index is 0.000000334. The first-order valence-electron chi connectivity index (χ1n) is 17.4. The molecule has 2 aromatic heterocycles. The minimum absolute atomic E-state index is 0. The van der Waals surface area contributed by atoms with Crippen LogP contribution in [-0.2, 0) is 36.7 Å². The number of aromatic nitrogens is 1. The van der Waals surface area contributed by atoms with E-state index in [4.69, 9.17) is 4.98 Å². The Bertz CT molecular complexity index is 1860. The summed E-state index contributed by atoms with van der Waals surface area (Å²) < 4.78 is 2.59. The van der Waals surface area contributed by atoms with Crippen LogP contribution in [0.4, 0.5) is 0 Å². The minimum Gasteiger partial charge on any atom is -0.512 e. The van der Waals surface area contributed by atoms with Gasteiger partial charge in [-0.05, 0) is 71.4 Å². The zero-order valence-corrected chi connectivity index (χ0v) is 33.8. The SMILES string of the molecule is CC(C)(C)Cc1ccc2c(c1)sc1c(-c3[c-]c4ccccc4c(C(C)(C)C)c3)nccc12.CCC(CC)C(=O)/C=C(\O)C(CC)CC.[Ir]. The van der Waals surface area contributed by atoms with Gasteiger partial charge in [-0.15, -0.1) is 40.5 Å². The number of fused-ring (bicyclic) bond motifs is 4. The molecule has 1 radical (unpaired) electrons. The number of aliphatic hydroxyl groups excluding tert-OH is 1. The molecule has 3 aromatic carbocycles. The van der Waals surface area contributed by atoms with Gasteiger partial charge in [0.2, 0.25) is 0 Å². The zero-order chi connectivity index (χ0) is 34.5. The number of carbonyl (C=O) groups is 1. The first kappa shape index (κ1) is 39.6. The molecule has 2 heterocycles. The third kappa shape index (κ3) is 9.43. The summed E-state index contributed by atoms with van der Waals surface area (Å²) in [5, 5.41) is 14.8. The molecule has 0 saturated carbocycles.